The predicted octanol–water partition coefficient (Wildman–Crippen LogP) is 1.37. The number of halogens is 1. The van der Waals surface area contributed by atoms with Crippen LogP contribution in [0.3, 0.4) is 0 Å². The Balaban J connectivity index is 3.86. The molecule has 0 aromatic rings. The summed E-state index contributed by atoms with van der Waals surface area (Å²) in [7, 11) is 6.56. The molecule has 0 saturated heterocycles. The van der Waals surface area contributed by atoms with Crippen LogP contribution in [0.15, 0.2) is 0 Å². The van der Waals surface area contributed by atoms with E-state index in [1.807, 2.05) is 6.92 Å². The van der Waals surface area contributed by atoms with Gasteiger partial charge in [0.1, 0.15) is 15.7 Å². The third kappa shape index (κ3) is 4.11. The summed E-state index contributed by atoms with van der Waals surface area (Å²) in [4.78, 5) is 0. The Morgan fingerprint density at radius 3 is 2.18 bits per heavy atom. The van der Waals surface area contributed by atoms with Gasteiger partial charge in [-0.2, -0.15) is 0 Å². The maximum absolute atomic E-state index is 5.64. The molecule has 0 aliphatic rings. The van der Waals surface area contributed by atoms with Crippen LogP contribution in [0, 0.1) is 5.92 Å². The minimum Gasteiger partial charge on any atom is -0.358 e. The molecular formula is C7H14ClO2Si. The van der Waals surface area contributed by atoms with Crippen LogP contribution in [0.4, 0.5) is 0 Å². The summed E-state index contributed by atoms with van der Waals surface area (Å²) in [6.07, 6.45) is 0.736. The van der Waals surface area contributed by atoms with Crippen molar-refractivity contribution in [2.75, 3.05) is 20.1 Å². The summed E-state index contributed by atoms with van der Waals surface area (Å²) < 4.78 is 10.2. The Hall–Kier alpha value is 0.427. The molecule has 0 aliphatic heterocycles. The number of rotatable bonds is 5. The van der Waals surface area contributed by atoms with Crippen molar-refractivity contribution in [3.8, 4) is 0 Å². The average molecular weight is 194 g/mol. The second-order valence-corrected chi connectivity index (χ2v) is 3.70. The fourth-order valence-electron chi connectivity index (χ4n) is 0.763. The Morgan fingerprint density at radius 2 is 1.91 bits per heavy atom. The lowest BCUT2D eigenvalue weighted by Gasteiger charge is -2.28. The molecule has 0 rings (SSSR count). The van der Waals surface area contributed by atoms with E-state index in [1.54, 1.807) is 14.2 Å². The topological polar surface area (TPSA) is 18.5 Å². The number of alkyl halides is 1. The van der Waals surface area contributed by atoms with Crippen LogP contribution in [0.1, 0.15) is 13.3 Å². The van der Waals surface area contributed by atoms with Crippen molar-refractivity contribution in [3.63, 3.8) is 0 Å². The number of hydrogen-bond donors (Lipinski definition) is 0. The van der Waals surface area contributed by atoms with Gasteiger partial charge in [-0.1, -0.05) is 6.92 Å². The van der Waals surface area contributed by atoms with Gasteiger partial charge in [0, 0.05) is 26.5 Å². The van der Waals surface area contributed by atoms with Gasteiger partial charge in [0.25, 0.3) is 0 Å². The fraction of sp³-hybridized carbons (Fsp3) is 1.00. The van der Waals surface area contributed by atoms with Crippen molar-refractivity contribution in [1.82, 2.24) is 0 Å². The second kappa shape index (κ2) is 5.14. The first kappa shape index (κ1) is 11.4. The van der Waals surface area contributed by atoms with E-state index in [-0.39, 0.29) is 0 Å². The summed E-state index contributed by atoms with van der Waals surface area (Å²) in [6, 6.07) is 0. The maximum atomic E-state index is 5.64. The maximum Gasteiger partial charge on any atom is 0.143 e. The third-order valence-electron chi connectivity index (χ3n) is 1.54. The van der Waals surface area contributed by atoms with Gasteiger partial charge in [0.05, 0.1) is 0 Å². The van der Waals surface area contributed by atoms with Crippen molar-refractivity contribution < 1.29 is 9.47 Å². The first-order valence-corrected chi connectivity index (χ1v) is 4.52. The molecule has 11 heavy (non-hydrogen) atoms. The molecule has 0 saturated carbocycles. The standard InChI is InChI=1S/C7H14ClO2Si/c1-6(5-8)4-7(11,9-2)10-3/h6H,4-5H2,1-3H3. The highest BCUT2D eigenvalue weighted by Gasteiger charge is 2.24. The van der Waals surface area contributed by atoms with E-state index in [9.17, 15) is 0 Å². The van der Waals surface area contributed by atoms with Gasteiger partial charge in [-0.15, -0.1) is 11.6 Å². The van der Waals surface area contributed by atoms with Crippen molar-refractivity contribution in [3.05, 3.63) is 0 Å². The largest absolute Gasteiger partial charge is 0.358 e. The molecule has 0 aliphatic carbocycles. The highest BCUT2D eigenvalue weighted by molar-refractivity contribution is 6.18. The molecule has 1 unspecified atom stereocenters. The highest BCUT2D eigenvalue weighted by atomic mass is 35.5. The molecule has 0 aromatic heterocycles. The molecule has 0 heterocycles. The molecule has 65 valence electrons. The van der Waals surface area contributed by atoms with Gasteiger partial charge < -0.3 is 9.47 Å². The van der Waals surface area contributed by atoms with E-state index in [2.05, 4.69) is 10.2 Å². The Bertz CT molecular complexity index is 107. The SMILES string of the molecule is COC([Si])(CC(C)CCl)OC. The summed E-state index contributed by atoms with van der Waals surface area (Å²) in [6.45, 7) is 2.04. The second-order valence-electron chi connectivity index (χ2n) is 2.62. The van der Waals surface area contributed by atoms with Crippen LogP contribution >= 0.6 is 11.6 Å². The number of ether oxygens (including phenoxy) is 2. The van der Waals surface area contributed by atoms with Gasteiger partial charge in [0.15, 0.2) is 0 Å². The lowest BCUT2D eigenvalue weighted by atomic mass is 10.1. The van der Waals surface area contributed by atoms with Crippen molar-refractivity contribution in [1.29, 1.82) is 0 Å². The lowest BCUT2D eigenvalue weighted by molar-refractivity contribution is -0.151. The van der Waals surface area contributed by atoms with Gasteiger partial charge in [-0.25, -0.2) is 0 Å². The zero-order valence-electron chi connectivity index (χ0n) is 7.19. The Morgan fingerprint density at radius 1 is 1.45 bits per heavy atom. The average Bonchev–Trinajstić information content (AvgIpc) is 2.04. The molecule has 2 nitrogen and oxygen atoms in total. The van der Waals surface area contributed by atoms with E-state index in [1.165, 1.54) is 0 Å². The van der Waals surface area contributed by atoms with Crippen molar-refractivity contribution in [2.24, 2.45) is 5.92 Å². The Kier molecular flexibility index (Phi) is 5.34. The summed E-state index contributed by atoms with van der Waals surface area (Å²) in [5, 5.41) is 0. The molecule has 0 spiro atoms. The molecule has 0 fully saturated rings. The first-order chi connectivity index (χ1) is 5.08. The van der Waals surface area contributed by atoms with Crippen LogP contribution < -0.4 is 0 Å². The monoisotopic (exact) mass is 193 g/mol. The van der Waals surface area contributed by atoms with Gasteiger partial charge in [-0.3, -0.25) is 0 Å². The molecule has 0 aromatic carbocycles. The highest BCUT2D eigenvalue weighted by Crippen LogP contribution is 2.18. The number of hydrogen-bond acceptors (Lipinski definition) is 2. The molecule has 0 bridgehead atoms. The summed E-state index contributed by atoms with van der Waals surface area (Å²) in [5.41, 5.74) is -0.672. The van der Waals surface area contributed by atoms with E-state index < -0.39 is 5.41 Å². The van der Waals surface area contributed by atoms with Gasteiger partial charge in [-0.05, 0) is 5.92 Å². The molecular weight excluding hydrogens is 180 g/mol. The van der Waals surface area contributed by atoms with E-state index in [4.69, 9.17) is 21.1 Å². The minimum atomic E-state index is -0.672. The first-order valence-electron chi connectivity index (χ1n) is 3.49. The van der Waals surface area contributed by atoms with E-state index >= 15 is 0 Å². The smallest absolute Gasteiger partial charge is 0.143 e. The van der Waals surface area contributed by atoms with Crippen LogP contribution in [-0.2, 0) is 9.47 Å². The van der Waals surface area contributed by atoms with Gasteiger partial charge in [0.2, 0.25) is 0 Å². The van der Waals surface area contributed by atoms with Crippen molar-refractivity contribution in [2.45, 2.75) is 18.8 Å². The predicted molar refractivity (Wildman–Crippen MR) is 47.0 cm³/mol. The third-order valence-corrected chi connectivity index (χ3v) is 2.68. The molecule has 4 heteroatoms. The lowest BCUT2D eigenvalue weighted by Crippen LogP contribution is -2.36. The molecule has 1 atom stereocenters. The number of methoxy groups -OCH3 is 2. The fourth-order valence-corrected chi connectivity index (χ4v) is 1.22. The molecule has 3 radical (unpaired) electrons. The zero-order chi connectivity index (χ0) is 8.91. The normalized spacial score (nSPS) is 15.0. The van der Waals surface area contributed by atoms with Crippen molar-refractivity contribution >= 4 is 21.8 Å². The quantitative estimate of drug-likeness (QED) is 0.373. The van der Waals surface area contributed by atoms with E-state index in [0.717, 1.165) is 6.42 Å². The molecule has 0 N–H and O–H groups in total. The van der Waals surface area contributed by atoms with Crippen LogP contribution in [-0.4, -0.2) is 35.8 Å². The van der Waals surface area contributed by atoms with Gasteiger partial charge >= 0.3 is 0 Å². The Labute approximate surface area is 76.6 Å². The summed E-state index contributed by atoms with van der Waals surface area (Å²) >= 11 is 5.64. The zero-order valence-corrected chi connectivity index (χ0v) is 8.94. The van der Waals surface area contributed by atoms with Crippen LogP contribution in [0.25, 0.3) is 0 Å². The molecule has 0 amide bonds. The van der Waals surface area contributed by atoms with Crippen LogP contribution in [0.2, 0.25) is 0 Å². The summed E-state index contributed by atoms with van der Waals surface area (Å²) in [5.74, 6) is 0.980. The van der Waals surface area contributed by atoms with E-state index in [0.29, 0.717) is 11.8 Å². The minimum absolute atomic E-state index is 0.370. The van der Waals surface area contributed by atoms with Crippen LogP contribution in [0.5, 0.6) is 0 Å².